The third-order valence-corrected chi connectivity index (χ3v) is 6.51. The fourth-order valence-electron chi connectivity index (χ4n) is 4.61. The highest BCUT2D eigenvalue weighted by molar-refractivity contribution is 6.11. The molecule has 1 amide bonds. The number of aryl methyl sites for hydroxylation is 1. The lowest BCUT2D eigenvalue weighted by Crippen LogP contribution is -2.17. The number of hydrogen-bond donors (Lipinski definition) is 2. The molecule has 0 aliphatic carbocycles. The summed E-state index contributed by atoms with van der Waals surface area (Å²) in [4.78, 5) is 24.2. The molecule has 1 aliphatic rings. The lowest BCUT2D eigenvalue weighted by molar-refractivity contribution is 0.102. The van der Waals surface area contributed by atoms with Crippen LogP contribution in [-0.2, 0) is 0 Å². The van der Waals surface area contributed by atoms with E-state index in [1.54, 1.807) is 18.3 Å². The fourth-order valence-corrected chi connectivity index (χ4v) is 4.61. The molecule has 8 heteroatoms. The standard InChI is InChI=1S/C29H26N6O2/c1-19-5-4-6-24(13-19)37-27-10-8-22(17-31-27)32-29(36)28-25-15-20(7-9-26(25)33-34-28)21-14-23(18-30-16-21)35-11-2-3-12-35/h4-10,13-18H,2-3,11-12H2,1H3,(H,32,36)(H,33,34). The van der Waals surface area contributed by atoms with Crippen LogP contribution in [-0.4, -0.2) is 39.2 Å². The molecule has 0 saturated carbocycles. The number of rotatable bonds is 6. The molecule has 2 N–H and O–H groups in total. The van der Waals surface area contributed by atoms with Gasteiger partial charge in [-0.05, 0) is 67.3 Å². The van der Waals surface area contributed by atoms with Crippen LogP contribution in [0.5, 0.6) is 11.6 Å². The number of hydrogen-bond acceptors (Lipinski definition) is 6. The fraction of sp³-hybridized carbons (Fsp3) is 0.172. The summed E-state index contributed by atoms with van der Waals surface area (Å²) in [5, 5.41) is 10.9. The number of nitrogens with one attached hydrogen (secondary N) is 2. The first-order chi connectivity index (χ1) is 18.1. The predicted octanol–water partition coefficient (Wildman–Crippen LogP) is 5.97. The molecule has 0 spiro atoms. The third kappa shape index (κ3) is 4.86. The average molecular weight is 491 g/mol. The van der Waals surface area contributed by atoms with Gasteiger partial charge >= 0.3 is 0 Å². The molecule has 2 aromatic carbocycles. The van der Waals surface area contributed by atoms with Gasteiger partial charge in [0.15, 0.2) is 5.69 Å². The summed E-state index contributed by atoms with van der Waals surface area (Å²) in [5.74, 6) is 0.842. The van der Waals surface area contributed by atoms with Gasteiger partial charge in [-0.2, -0.15) is 5.10 Å². The number of fused-ring (bicyclic) bond motifs is 1. The first kappa shape index (κ1) is 22.7. The quantitative estimate of drug-likeness (QED) is 0.304. The van der Waals surface area contributed by atoms with Crippen molar-refractivity contribution in [1.82, 2.24) is 20.2 Å². The number of carbonyl (C=O) groups is 1. The van der Waals surface area contributed by atoms with Crippen LogP contribution in [0.2, 0.25) is 0 Å². The van der Waals surface area contributed by atoms with E-state index in [0.29, 0.717) is 23.0 Å². The molecule has 37 heavy (non-hydrogen) atoms. The maximum atomic E-state index is 13.1. The van der Waals surface area contributed by atoms with E-state index < -0.39 is 0 Å². The monoisotopic (exact) mass is 490 g/mol. The maximum absolute atomic E-state index is 13.1. The molecular weight excluding hydrogens is 464 g/mol. The van der Waals surface area contributed by atoms with E-state index in [1.165, 1.54) is 12.8 Å². The van der Waals surface area contributed by atoms with E-state index in [2.05, 4.69) is 36.4 Å². The number of pyridine rings is 2. The van der Waals surface area contributed by atoms with Crippen molar-refractivity contribution in [2.75, 3.05) is 23.3 Å². The Bertz CT molecular complexity index is 1570. The highest BCUT2D eigenvalue weighted by Crippen LogP contribution is 2.29. The topological polar surface area (TPSA) is 96.0 Å². The summed E-state index contributed by atoms with van der Waals surface area (Å²) in [6, 6.07) is 19.3. The second-order valence-corrected chi connectivity index (χ2v) is 9.22. The average Bonchev–Trinajstić information content (AvgIpc) is 3.60. The summed E-state index contributed by atoms with van der Waals surface area (Å²) < 4.78 is 5.80. The molecule has 1 fully saturated rings. The zero-order chi connectivity index (χ0) is 25.2. The predicted molar refractivity (Wildman–Crippen MR) is 144 cm³/mol. The van der Waals surface area contributed by atoms with Crippen molar-refractivity contribution in [3.05, 3.63) is 90.5 Å². The van der Waals surface area contributed by atoms with Gasteiger partial charge in [0, 0.05) is 36.3 Å². The number of carbonyl (C=O) groups excluding carboxylic acids is 1. The first-order valence-corrected chi connectivity index (χ1v) is 12.3. The molecule has 1 aliphatic heterocycles. The third-order valence-electron chi connectivity index (χ3n) is 6.51. The van der Waals surface area contributed by atoms with Crippen molar-refractivity contribution in [3.8, 4) is 22.8 Å². The first-order valence-electron chi connectivity index (χ1n) is 12.3. The van der Waals surface area contributed by atoms with Gasteiger partial charge in [0.2, 0.25) is 5.88 Å². The van der Waals surface area contributed by atoms with Crippen molar-refractivity contribution in [2.24, 2.45) is 0 Å². The van der Waals surface area contributed by atoms with Crippen molar-refractivity contribution in [3.63, 3.8) is 0 Å². The number of anilines is 2. The summed E-state index contributed by atoms with van der Waals surface area (Å²) in [6.07, 6.45) is 7.75. The number of H-pyrrole nitrogens is 1. The Hall–Kier alpha value is -4.72. The molecule has 4 heterocycles. The number of amides is 1. The molecule has 1 saturated heterocycles. The second-order valence-electron chi connectivity index (χ2n) is 9.22. The Labute approximate surface area is 214 Å². The highest BCUT2D eigenvalue weighted by atomic mass is 16.5. The maximum Gasteiger partial charge on any atom is 0.276 e. The zero-order valence-electron chi connectivity index (χ0n) is 20.4. The van der Waals surface area contributed by atoms with Crippen LogP contribution < -0.4 is 15.0 Å². The molecule has 0 atom stereocenters. The van der Waals surface area contributed by atoms with E-state index in [-0.39, 0.29) is 5.91 Å². The van der Waals surface area contributed by atoms with E-state index in [0.717, 1.165) is 46.4 Å². The van der Waals surface area contributed by atoms with Crippen LogP contribution in [0.4, 0.5) is 11.4 Å². The van der Waals surface area contributed by atoms with Crippen LogP contribution >= 0.6 is 0 Å². The minimum Gasteiger partial charge on any atom is -0.439 e. The van der Waals surface area contributed by atoms with Gasteiger partial charge in [0.1, 0.15) is 5.75 Å². The molecule has 0 bridgehead atoms. The number of ether oxygens (including phenoxy) is 1. The van der Waals surface area contributed by atoms with E-state index >= 15 is 0 Å². The van der Waals surface area contributed by atoms with Gasteiger partial charge in [-0.1, -0.05) is 18.2 Å². The van der Waals surface area contributed by atoms with Crippen LogP contribution in [0.25, 0.3) is 22.0 Å². The molecule has 5 aromatic rings. The van der Waals surface area contributed by atoms with E-state index in [9.17, 15) is 4.79 Å². The lowest BCUT2D eigenvalue weighted by Gasteiger charge is -2.17. The number of aromatic nitrogens is 4. The Morgan fingerprint density at radius 2 is 1.86 bits per heavy atom. The smallest absolute Gasteiger partial charge is 0.276 e. The van der Waals surface area contributed by atoms with Crippen molar-refractivity contribution in [1.29, 1.82) is 0 Å². The molecule has 6 rings (SSSR count). The van der Waals surface area contributed by atoms with Gasteiger partial charge in [-0.3, -0.25) is 14.9 Å². The van der Waals surface area contributed by atoms with Crippen molar-refractivity contribution >= 4 is 28.2 Å². The van der Waals surface area contributed by atoms with Crippen LogP contribution in [0.3, 0.4) is 0 Å². The number of aromatic amines is 1. The Balaban J connectivity index is 1.20. The SMILES string of the molecule is Cc1cccc(Oc2ccc(NC(=O)c3n[nH]c4ccc(-c5cncc(N6CCCC6)c5)cc34)cn2)c1. The zero-order valence-corrected chi connectivity index (χ0v) is 20.4. The number of nitrogens with zero attached hydrogens (tertiary/aromatic N) is 4. The summed E-state index contributed by atoms with van der Waals surface area (Å²) in [7, 11) is 0. The Morgan fingerprint density at radius 3 is 2.68 bits per heavy atom. The van der Waals surface area contributed by atoms with Gasteiger partial charge < -0.3 is 15.0 Å². The van der Waals surface area contributed by atoms with E-state index in [4.69, 9.17) is 4.74 Å². The summed E-state index contributed by atoms with van der Waals surface area (Å²) >= 11 is 0. The largest absolute Gasteiger partial charge is 0.439 e. The molecule has 184 valence electrons. The Kier molecular flexibility index (Phi) is 5.98. The van der Waals surface area contributed by atoms with Gasteiger partial charge in [-0.15, -0.1) is 0 Å². The van der Waals surface area contributed by atoms with Gasteiger partial charge in [0.05, 0.1) is 29.3 Å². The van der Waals surface area contributed by atoms with Crippen LogP contribution in [0.15, 0.2) is 79.3 Å². The molecule has 0 radical (unpaired) electrons. The second kappa shape index (κ2) is 9.73. The highest BCUT2D eigenvalue weighted by Gasteiger charge is 2.17. The minimum absolute atomic E-state index is 0.318. The molecule has 0 unspecified atom stereocenters. The van der Waals surface area contributed by atoms with Gasteiger partial charge in [0.25, 0.3) is 5.91 Å². The van der Waals surface area contributed by atoms with Gasteiger partial charge in [-0.25, -0.2) is 4.98 Å². The van der Waals surface area contributed by atoms with E-state index in [1.807, 2.05) is 61.8 Å². The number of benzene rings is 2. The normalized spacial score (nSPS) is 13.2. The Morgan fingerprint density at radius 1 is 0.973 bits per heavy atom. The minimum atomic E-state index is -0.318. The lowest BCUT2D eigenvalue weighted by atomic mass is 10.0. The summed E-state index contributed by atoms with van der Waals surface area (Å²) in [6.45, 7) is 4.12. The van der Waals surface area contributed by atoms with Crippen LogP contribution in [0.1, 0.15) is 28.9 Å². The van der Waals surface area contributed by atoms with Crippen LogP contribution in [0, 0.1) is 6.92 Å². The molecule has 8 nitrogen and oxygen atoms in total. The molecular formula is C29H26N6O2. The van der Waals surface area contributed by atoms with Crippen molar-refractivity contribution < 1.29 is 9.53 Å². The van der Waals surface area contributed by atoms with Crippen molar-refractivity contribution in [2.45, 2.75) is 19.8 Å². The molecule has 3 aromatic heterocycles. The summed E-state index contributed by atoms with van der Waals surface area (Å²) in [5.41, 5.74) is 5.88.